The van der Waals surface area contributed by atoms with E-state index < -0.39 is 28.1 Å². The Morgan fingerprint density at radius 2 is 2.09 bits per heavy atom. The van der Waals surface area contributed by atoms with Crippen molar-refractivity contribution < 1.29 is 27.6 Å². The molecule has 66 valence electrons. The predicted molar refractivity (Wildman–Crippen MR) is 34.6 cm³/mol. The van der Waals surface area contributed by atoms with E-state index in [1.807, 2.05) is 0 Å². The quantitative estimate of drug-likeness (QED) is 0.561. The van der Waals surface area contributed by atoms with Gasteiger partial charge in [0.05, 0.1) is 0 Å². The van der Waals surface area contributed by atoms with Crippen molar-refractivity contribution in [2.75, 3.05) is 6.61 Å². The Labute approximate surface area is 63.5 Å². The molecule has 0 radical (unpaired) electrons. The molecule has 11 heavy (non-hydrogen) atoms. The van der Waals surface area contributed by atoms with Gasteiger partial charge in [0, 0.05) is 0 Å². The molecule has 7 heteroatoms. The monoisotopic (exact) mass is 184 g/mol. The molecule has 0 saturated heterocycles. The van der Waals surface area contributed by atoms with Gasteiger partial charge in [0.1, 0.15) is 6.61 Å². The van der Waals surface area contributed by atoms with Crippen molar-refractivity contribution in [1.82, 2.24) is 0 Å². The van der Waals surface area contributed by atoms with Crippen molar-refractivity contribution in [2.45, 2.75) is 12.4 Å². The molecule has 0 aliphatic carbocycles. The van der Waals surface area contributed by atoms with Crippen LogP contribution in [0.1, 0.15) is 6.92 Å². The summed E-state index contributed by atoms with van der Waals surface area (Å²) in [5.74, 6) is -1.29. The highest BCUT2D eigenvalue weighted by atomic mass is 32.2. The number of rotatable bonds is 4. The van der Waals surface area contributed by atoms with E-state index in [4.69, 9.17) is 9.66 Å². The normalized spacial score (nSPS) is 14.4. The maximum atomic E-state index is 10.2. The number of carboxylic acid groups (broad SMARTS) is 1. The van der Waals surface area contributed by atoms with Crippen LogP contribution in [-0.2, 0) is 19.6 Å². The van der Waals surface area contributed by atoms with E-state index in [1.54, 1.807) is 0 Å². The highest BCUT2D eigenvalue weighted by molar-refractivity contribution is 7.86. The van der Waals surface area contributed by atoms with Crippen LogP contribution in [0.15, 0.2) is 0 Å². The fourth-order valence-electron chi connectivity index (χ4n) is 0.275. The number of aliphatic carboxylic acids is 1. The lowest BCUT2D eigenvalue weighted by atomic mass is 10.7. The van der Waals surface area contributed by atoms with Gasteiger partial charge in [-0.1, -0.05) is 0 Å². The number of hydrogen-bond acceptors (Lipinski definition) is 4. The predicted octanol–water partition coefficient (Wildman–Crippen LogP) is -0.679. The smallest absolute Gasteiger partial charge is 0.329 e. The SMILES string of the molecule is CC(OCC(=O)O)S(=O)(=O)O. The van der Waals surface area contributed by atoms with Crippen LogP contribution in [-0.4, -0.2) is 36.1 Å². The summed E-state index contributed by atoms with van der Waals surface area (Å²) in [6.45, 7) is 0.291. The van der Waals surface area contributed by atoms with Crippen molar-refractivity contribution in [2.24, 2.45) is 0 Å². The van der Waals surface area contributed by atoms with Gasteiger partial charge >= 0.3 is 5.97 Å². The maximum absolute atomic E-state index is 10.2. The summed E-state index contributed by atoms with van der Waals surface area (Å²) in [4.78, 5) is 9.83. The zero-order valence-electron chi connectivity index (χ0n) is 5.72. The number of carboxylic acids is 1. The van der Waals surface area contributed by atoms with Crippen LogP contribution in [0, 0.1) is 0 Å². The Bertz CT molecular complexity index is 229. The lowest BCUT2D eigenvalue weighted by Gasteiger charge is -2.06. The van der Waals surface area contributed by atoms with Crippen molar-refractivity contribution >= 4 is 16.1 Å². The molecular formula is C4H8O6S. The molecule has 1 unspecified atom stereocenters. The summed E-state index contributed by atoms with van der Waals surface area (Å²) in [7, 11) is -4.28. The van der Waals surface area contributed by atoms with E-state index in [2.05, 4.69) is 4.74 Å². The van der Waals surface area contributed by atoms with Gasteiger partial charge in [0.2, 0.25) is 0 Å². The topological polar surface area (TPSA) is 101 Å². The first kappa shape index (κ1) is 10.3. The summed E-state index contributed by atoms with van der Waals surface area (Å²) < 4.78 is 32.8. The third-order valence-electron chi connectivity index (χ3n) is 0.861. The number of ether oxygens (including phenoxy) is 1. The molecule has 0 heterocycles. The number of carbonyl (C=O) groups is 1. The molecule has 0 aliphatic rings. The molecule has 0 aromatic rings. The summed E-state index contributed by atoms with van der Waals surface area (Å²) in [6.07, 6.45) is 0. The minimum Gasteiger partial charge on any atom is -0.480 e. The Morgan fingerprint density at radius 1 is 1.64 bits per heavy atom. The second-order valence-electron chi connectivity index (χ2n) is 1.79. The molecule has 0 rings (SSSR count). The Balaban J connectivity index is 3.90. The number of hydrogen-bond donors (Lipinski definition) is 2. The van der Waals surface area contributed by atoms with Crippen molar-refractivity contribution in [3.05, 3.63) is 0 Å². The molecule has 6 nitrogen and oxygen atoms in total. The van der Waals surface area contributed by atoms with Crippen molar-refractivity contribution in [1.29, 1.82) is 0 Å². The van der Waals surface area contributed by atoms with Crippen LogP contribution >= 0.6 is 0 Å². The van der Waals surface area contributed by atoms with Gasteiger partial charge in [-0.05, 0) is 6.92 Å². The molecule has 0 amide bonds. The fraction of sp³-hybridized carbons (Fsp3) is 0.750. The van der Waals surface area contributed by atoms with E-state index in [-0.39, 0.29) is 0 Å². The van der Waals surface area contributed by atoms with Crippen LogP contribution < -0.4 is 0 Å². The van der Waals surface area contributed by atoms with Crippen LogP contribution in [0.5, 0.6) is 0 Å². The molecule has 0 aliphatic heterocycles. The lowest BCUT2D eigenvalue weighted by molar-refractivity contribution is -0.142. The molecule has 0 saturated carbocycles. The van der Waals surface area contributed by atoms with Crippen LogP contribution in [0.4, 0.5) is 0 Å². The Kier molecular flexibility index (Phi) is 3.43. The van der Waals surface area contributed by atoms with E-state index in [9.17, 15) is 13.2 Å². The molecule has 0 spiro atoms. The third-order valence-corrected chi connectivity index (χ3v) is 1.84. The zero-order valence-corrected chi connectivity index (χ0v) is 6.54. The Morgan fingerprint density at radius 3 is 2.36 bits per heavy atom. The van der Waals surface area contributed by atoms with Crippen molar-refractivity contribution in [3.63, 3.8) is 0 Å². The zero-order chi connectivity index (χ0) is 9.07. The van der Waals surface area contributed by atoms with Gasteiger partial charge in [-0.3, -0.25) is 4.55 Å². The second-order valence-corrected chi connectivity index (χ2v) is 3.48. The van der Waals surface area contributed by atoms with Gasteiger partial charge in [-0.15, -0.1) is 0 Å². The second kappa shape index (κ2) is 3.65. The van der Waals surface area contributed by atoms with Gasteiger partial charge in [-0.2, -0.15) is 8.42 Å². The maximum Gasteiger partial charge on any atom is 0.329 e. The van der Waals surface area contributed by atoms with Crippen LogP contribution in [0.25, 0.3) is 0 Å². The third kappa shape index (κ3) is 4.71. The molecule has 0 aromatic carbocycles. The first-order valence-corrected chi connectivity index (χ1v) is 4.14. The van der Waals surface area contributed by atoms with E-state index >= 15 is 0 Å². The van der Waals surface area contributed by atoms with Crippen molar-refractivity contribution in [3.8, 4) is 0 Å². The van der Waals surface area contributed by atoms with Gasteiger partial charge in [0.25, 0.3) is 10.1 Å². The lowest BCUT2D eigenvalue weighted by Crippen LogP contribution is -2.23. The molecule has 1 atom stereocenters. The van der Waals surface area contributed by atoms with E-state index in [0.717, 1.165) is 6.92 Å². The average Bonchev–Trinajstić information content (AvgIpc) is 1.80. The van der Waals surface area contributed by atoms with Gasteiger partial charge in [-0.25, -0.2) is 4.79 Å². The highest BCUT2D eigenvalue weighted by Gasteiger charge is 2.18. The summed E-state index contributed by atoms with van der Waals surface area (Å²) >= 11 is 0. The fourth-order valence-corrected chi connectivity index (χ4v) is 0.515. The first-order chi connectivity index (χ1) is 4.84. The largest absolute Gasteiger partial charge is 0.480 e. The van der Waals surface area contributed by atoms with Crippen LogP contribution in [0.2, 0.25) is 0 Å². The van der Waals surface area contributed by atoms with Gasteiger partial charge in [0.15, 0.2) is 5.44 Å². The molecule has 0 fully saturated rings. The standard InChI is InChI=1S/C4H8O6S/c1-3(11(7,8)9)10-2-4(5)6/h3H,2H2,1H3,(H,5,6)(H,7,8,9). The van der Waals surface area contributed by atoms with E-state index in [1.165, 1.54) is 0 Å². The molecule has 0 bridgehead atoms. The first-order valence-electron chi connectivity index (χ1n) is 2.63. The summed E-state index contributed by atoms with van der Waals surface area (Å²) in [6, 6.07) is 0. The molecule has 2 N–H and O–H groups in total. The van der Waals surface area contributed by atoms with E-state index in [0.29, 0.717) is 0 Å². The Hall–Kier alpha value is -0.660. The van der Waals surface area contributed by atoms with Gasteiger partial charge < -0.3 is 9.84 Å². The van der Waals surface area contributed by atoms with Crippen LogP contribution in [0.3, 0.4) is 0 Å². The highest BCUT2D eigenvalue weighted by Crippen LogP contribution is 1.98. The minimum absolute atomic E-state index is 0.749. The average molecular weight is 184 g/mol. The summed E-state index contributed by atoms with van der Waals surface area (Å²) in [5, 5.41) is 8.03. The molecule has 0 aromatic heterocycles. The minimum atomic E-state index is -4.28. The molecular weight excluding hydrogens is 176 g/mol. The summed E-state index contributed by atoms with van der Waals surface area (Å²) in [5.41, 5.74) is -1.50.